The molecule has 2 aliphatic heterocycles. The number of carboxylic acids is 1. The van der Waals surface area contributed by atoms with Crippen molar-refractivity contribution in [3.05, 3.63) is 80.7 Å². The van der Waals surface area contributed by atoms with Crippen molar-refractivity contribution < 1.29 is 106 Å². The van der Waals surface area contributed by atoms with Crippen LogP contribution < -0.4 is 0 Å². The van der Waals surface area contributed by atoms with Crippen LogP contribution in [0.4, 0.5) is 11.4 Å². The number of epoxide rings is 1. The number of carboxylic acid groups (broad SMARTS) is 1. The first-order valence-corrected chi connectivity index (χ1v) is 26.4. The van der Waals surface area contributed by atoms with Crippen LogP contribution in [-0.2, 0) is 113 Å². The van der Waals surface area contributed by atoms with Crippen LogP contribution in [0.1, 0.15) is 141 Å². The number of ether oxygens (including phenoxy) is 8. The van der Waals surface area contributed by atoms with Crippen LogP contribution in [-0.4, -0.2) is 142 Å². The molecule has 3 saturated carbocycles. The maximum Gasteiger partial charge on any atom is 2.00 e. The zero-order valence-corrected chi connectivity index (χ0v) is 50.5. The van der Waals surface area contributed by atoms with E-state index in [4.69, 9.17) is 69.9 Å². The molecule has 0 radical (unpaired) electrons. The molecule has 7 rings (SSSR count). The number of esters is 5. The maximum atomic E-state index is 12.0. The van der Waals surface area contributed by atoms with E-state index >= 15 is 0 Å². The Kier molecular flexibility index (Phi) is 38.9. The molecule has 5 unspecified atom stereocenters. The van der Waals surface area contributed by atoms with Crippen molar-refractivity contribution in [2.45, 2.75) is 200 Å². The molecule has 2 heterocycles. The van der Waals surface area contributed by atoms with E-state index < -0.39 is 42.1 Å². The predicted molar refractivity (Wildman–Crippen MR) is 285 cm³/mol. The summed E-state index contributed by atoms with van der Waals surface area (Å²) in [6.45, 7) is 23.8. The molecule has 2 saturated heterocycles. The summed E-state index contributed by atoms with van der Waals surface area (Å²) in [5, 5.41) is 17.3. The predicted octanol–water partition coefficient (Wildman–Crippen LogP) is 8.86. The summed E-state index contributed by atoms with van der Waals surface area (Å²) in [5.41, 5.74) is 6.89. The second-order valence-corrected chi connectivity index (χ2v) is 18.7. The van der Waals surface area contributed by atoms with E-state index in [0.717, 1.165) is 80.8 Å². The number of para-hydroxylation sites is 2. The average Bonchev–Trinajstić information content (AvgIpc) is 4.20. The first-order valence-electron chi connectivity index (χ1n) is 26.4. The molecule has 21 nitrogen and oxygen atoms in total. The fourth-order valence-corrected chi connectivity index (χ4v) is 8.99. The van der Waals surface area contributed by atoms with Gasteiger partial charge in [-0.25, -0.2) is 25.8 Å². The van der Waals surface area contributed by atoms with Gasteiger partial charge in [0.1, 0.15) is 51.5 Å². The van der Waals surface area contributed by atoms with E-state index in [0.29, 0.717) is 25.0 Å². The van der Waals surface area contributed by atoms with Gasteiger partial charge in [0.25, 0.3) is 5.97 Å². The van der Waals surface area contributed by atoms with Gasteiger partial charge in [0.2, 0.25) is 0 Å². The largest absolute Gasteiger partial charge is 2.00 e. The van der Waals surface area contributed by atoms with Gasteiger partial charge in [-0.05, 0) is 96.6 Å². The number of hydrogen-bond acceptors (Lipinski definition) is 17. The molecule has 2 aromatic rings. The molecule has 0 aromatic heterocycles. The minimum absolute atomic E-state index is 0. The van der Waals surface area contributed by atoms with Crippen molar-refractivity contribution in [3.63, 3.8) is 0 Å². The maximum absolute atomic E-state index is 12.0. The molecular formula is C57H81N3O18Zn. The van der Waals surface area contributed by atoms with Crippen LogP contribution in [0.15, 0.2) is 36.4 Å². The van der Waals surface area contributed by atoms with Crippen molar-refractivity contribution in [2.24, 2.45) is 0 Å². The first kappa shape index (κ1) is 73.1. The molecule has 0 bridgehead atoms. The summed E-state index contributed by atoms with van der Waals surface area (Å²) in [6, 6.07) is 12.1. The Bertz CT molecular complexity index is 2170. The summed E-state index contributed by atoms with van der Waals surface area (Å²) >= 11 is 0. The van der Waals surface area contributed by atoms with E-state index in [9.17, 15) is 24.0 Å². The Morgan fingerprint density at radius 2 is 1.09 bits per heavy atom. The summed E-state index contributed by atoms with van der Waals surface area (Å²) < 4.78 is 40.3. The molecule has 3 aliphatic carbocycles. The number of rotatable bonds is 16. The Morgan fingerprint density at radius 3 is 1.46 bits per heavy atom. The minimum atomic E-state index is -0.833. The molecule has 79 heavy (non-hydrogen) atoms. The van der Waals surface area contributed by atoms with Gasteiger partial charge < -0.3 is 63.3 Å². The number of benzene rings is 2. The number of aliphatic carboxylic acids is 1. The van der Waals surface area contributed by atoms with Crippen LogP contribution in [0.5, 0.6) is 0 Å². The minimum Gasteiger partial charge on any atom is -0.675 e. The number of fused-ring (bicyclic) bond motifs is 1. The van der Waals surface area contributed by atoms with Gasteiger partial charge >= 0.3 is 55.5 Å². The molecule has 0 amide bonds. The fraction of sp³-hybridized carbons (Fsp3) is 0.632. The van der Waals surface area contributed by atoms with Crippen LogP contribution in [0.3, 0.4) is 0 Å². The van der Waals surface area contributed by atoms with Crippen LogP contribution in [0.25, 0.3) is 15.5 Å². The van der Waals surface area contributed by atoms with Crippen molar-refractivity contribution >= 4 is 60.1 Å². The number of aryl methyl sites for hydroxylation is 4. The number of carbonyl (C=O) groups excluding carboxylic acids is 8. The Morgan fingerprint density at radius 1 is 0.709 bits per heavy atom. The zero-order valence-electron chi connectivity index (χ0n) is 47.5. The van der Waals surface area contributed by atoms with Gasteiger partial charge in [0.15, 0.2) is 6.04 Å². The zero-order chi connectivity index (χ0) is 58.6. The van der Waals surface area contributed by atoms with E-state index in [1.165, 1.54) is 43.7 Å². The normalized spacial score (nSPS) is 21.3. The second kappa shape index (κ2) is 42.0. The third-order valence-electron chi connectivity index (χ3n) is 12.7. The first-order chi connectivity index (χ1) is 37.3. The van der Waals surface area contributed by atoms with E-state index in [1.807, 2.05) is 26.7 Å². The average molecular weight is 1160 g/mol. The third-order valence-corrected chi connectivity index (χ3v) is 12.7. The molecule has 5 aliphatic rings. The number of cyclic esters (lactones) is 2. The summed E-state index contributed by atoms with van der Waals surface area (Å²) in [6.07, 6.45) is 14.7. The quantitative estimate of drug-likeness (QED) is 0.0410. The molecule has 5 fully saturated rings. The van der Waals surface area contributed by atoms with E-state index in [2.05, 4.69) is 72.3 Å². The van der Waals surface area contributed by atoms with Crippen LogP contribution in [0, 0.1) is 20.4 Å². The van der Waals surface area contributed by atoms with Crippen molar-refractivity contribution in [2.75, 3.05) is 33.5 Å². The van der Waals surface area contributed by atoms with Gasteiger partial charge in [-0.15, -0.1) is 11.4 Å². The van der Waals surface area contributed by atoms with E-state index in [-0.39, 0.29) is 88.4 Å². The van der Waals surface area contributed by atoms with E-state index in [1.54, 1.807) is 7.11 Å². The Balaban J connectivity index is 0.00000108. The molecule has 1 N–H and O–H groups in total. The molecule has 434 valence electrons. The molecule has 22 heteroatoms. The molecule has 9 atom stereocenters. The number of hydrogen-bond donors (Lipinski definition) is 1. The van der Waals surface area contributed by atoms with Gasteiger partial charge in [-0.1, -0.05) is 106 Å². The number of carbonyl (C=O) groups is 7. The molecule has 2 aromatic carbocycles. The monoisotopic (exact) mass is 1160 g/mol. The number of methoxy groups -OCH3 is 1. The smallest absolute Gasteiger partial charge is 0.675 e. The van der Waals surface area contributed by atoms with Crippen molar-refractivity contribution in [1.29, 1.82) is 0 Å². The number of nitrogens with zero attached hydrogens (tertiary/aromatic N) is 3. The van der Waals surface area contributed by atoms with Gasteiger partial charge in [0, 0.05) is 21.0 Å². The van der Waals surface area contributed by atoms with Crippen molar-refractivity contribution in [3.8, 4) is 0 Å². The summed E-state index contributed by atoms with van der Waals surface area (Å²) in [5.74, 6) is -3.55. The summed E-state index contributed by atoms with van der Waals surface area (Å²) in [4.78, 5) is 92.4. The standard InChI is InChI=1S/C24H31N3.C19H30O8.C6H10O.C4H4O4.C2H4O2.CO2.CH2O.Zn/c1-8-20-14-11-15-21(9-2)24(20)27-19(6)23(25-7)18(5)26-22-16(3)12-10-13-17(22)4;1-13(20)25-16-9-5-6-10-17(16)27-19(22)12-24-11-18(21)26-15-8-4-3-7-14(15)23-2;1-2-4-6-5(3-1)7-6;5-3-1-7-2-4(6)8-3;1-2(3)4;2-1-3;1-2;/h10-15,18-19,23H,8-9H2,1-6H3;14-17H,3-12H2,1-2H3;5-6H,1-4H2;1-2H2;1H3,(H,3,4);;1H2;/q-2;;;;;;;+2/t;14-,15-,16-,17-;;;;;;/m.0....../s1. The van der Waals surface area contributed by atoms with Crippen LogP contribution >= 0.6 is 0 Å². The van der Waals surface area contributed by atoms with Crippen molar-refractivity contribution in [1.82, 2.24) is 0 Å². The Labute approximate surface area is 478 Å². The fourth-order valence-electron chi connectivity index (χ4n) is 8.99. The third kappa shape index (κ3) is 29.7. The SMILES string of the molecule is C1CCC2OC2C1.C=O.CC(=O)O.CO[C@H]1CCCC[C@@H]1OC(=O)COCC(=O)O[C@H]1CCCC[C@@H]1OC(C)=O.O=C1COCC(=O)O1.O=C=O.[C-]#[N+]C(C(C)[N-]c1c(C)cccc1C)C(C)[N-]c1c(CC)cccc1CC.[Zn+2]. The van der Waals surface area contributed by atoms with Gasteiger partial charge in [0.05, 0.1) is 18.3 Å². The van der Waals surface area contributed by atoms with Crippen LogP contribution in [0.2, 0.25) is 0 Å². The van der Waals surface area contributed by atoms with Gasteiger partial charge in [-0.3, -0.25) is 9.59 Å². The summed E-state index contributed by atoms with van der Waals surface area (Å²) in [7, 11) is 1.61. The molecule has 0 spiro atoms. The second-order valence-electron chi connectivity index (χ2n) is 18.7. The molecular weight excluding hydrogens is 1080 g/mol. The Hall–Kier alpha value is -5.94. The topological polar surface area (TPSA) is 284 Å². The van der Waals surface area contributed by atoms with Gasteiger partial charge in [-0.2, -0.15) is 9.59 Å².